The van der Waals surface area contributed by atoms with Gasteiger partial charge in [-0.15, -0.1) is 10.2 Å². The number of nitrogens with one attached hydrogen (secondary N) is 1. The van der Waals surface area contributed by atoms with E-state index in [0.717, 1.165) is 5.56 Å². The molecule has 0 saturated heterocycles. The Labute approximate surface area is 86.6 Å². The molecule has 76 valence electrons. The molecule has 2 rings (SSSR count). The molecular weight excluding hydrogens is 192 g/mol. The first-order valence-electron chi connectivity index (χ1n) is 4.39. The summed E-state index contributed by atoms with van der Waals surface area (Å²) in [4.78, 5) is 0. The third-order valence-corrected chi connectivity index (χ3v) is 1.95. The number of phenols is 1. The standard InChI is InChI=1S/C10H10N4O/c11-12-10-5-4-9(13-14-10)7-2-1-3-8(15)6-7/h1-6,15H,11H2,(H,12,14). The Kier molecular flexibility index (Phi) is 2.47. The van der Waals surface area contributed by atoms with Gasteiger partial charge in [-0.3, -0.25) is 0 Å². The number of phenolic OH excluding ortho intramolecular Hbond substituents is 1. The summed E-state index contributed by atoms with van der Waals surface area (Å²) in [5.41, 5.74) is 3.89. The zero-order chi connectivity index (χ0) is 10.7. The van der Waals surface area contributed by atoms with Crippen molar-refractivity contribution in [3.63, 3.8) is 0 Å². The summed E-state index contributed by atoms with van der Waals surface area (Å²) in [6, 6.07) is 10.3. The SMILES string of the molecule is NNc1ccc(-c2cccc(O)c2)nn1. The van der Waals surface area contributed by atoms with Crippen molar-refractivity contribution in [2.24, 2.45) is 5.84 Å². The summed E-state index contributed by atoms with van der Waals surface area (Å²) in [6.45, 7) is 0. The fourth-order valence-corrected chi connectivity index (χ4v) is 1.23. The number of hydrogen-bond donors (Lipinski definition) is 3. The molecule has 0 unspecified atom stereocenters. The van der Waals surface area contributed by atoms with E-state index >= 15 is 0 Å². The number of benzene rings is 1. The van der Waals surface area contributed by atoms with Crippen LogP contribution in [0, 0.1) is 0 Å². The number of hydrogen-bond acceptors (Lipinski definition) is 5. The van der Waals surface area contributed by atoms with Crippen LogP contribution in [0.15, 0.2) is 36.4 Å². The van der Waals surface area contributed by atoms with Crippen LogP contribution in [-0.4, -0.2) is 15.3 Å². The van der Waals surface area contributed by atoms with Gasteiger partial charge in [0.25, 0.3) is 0 Å². The average Bonchev–Trinajstić information content (AvgIpc) is 2.29. The highest BCUT2D eigenvalue weighted by molar-refractivity contribution is 5.61. The van der Waals surface area contributed by atoms with E-state index < -0.39 is 0 Å². The molecule has 0 aliphatic carbocycles. The maximum atomic E-state index is 9.29. The fourth-order valence-electron chi connectivity index (χ4n) is 1.23. The Morgan fingerprint density at radius 1 is 1.13 bits per heavy atom. The Balaban J connectivity index is 2.37. The highest BCUT2D eigenvalue weighted by atomic mass is 16.3. The number of aromatic hydroxyl groups is 1. The lowest BCUT2D eigenvalue weighted by molar-refractivity contribution is 0.475. The van der Waals surface area contributed by atoms with Crippen LogP contribution < -0.4 is 11.3 Å². The zero-order valence-corrected chi connectivity index (χ0v) is 7.88. The second kappa shape index (κ2) is 3.93. The predicted molar refractivity (Wildman–Crippen MR) is 56.9 cm³/mol. The van der Waals surface area contributed by atoms with E-state index in [9.17, 15) is 5.11 Å². The number of rotatable bonds is 2. The normalized spacial score (nSPS) is 9.93. The molecule has 15 heavy (non-hydrogen) atoms. The van der Waals surface area contributed by atoms with Crippen molar-refractivity contribution in [1.82, 2.24) is 10.2 Å². The number of nitrogens with two attached hydrogens (primary N) is 1. The van der Waals surface area contributed by atoms with Gasteiger partial charge in [-0.1, -0.05) is 12.1 Å². The summed E-state index contributed by atoms with van der Waals surface area (Å²) in [7, 11) is 0. The molecule has 1 aromatic carbocycles. The largest absolute Gasteiger partial charge is 0.508 e. The minimum atomic E-state index is 0.204. The van der Waals surface area contributed by atoms with Crippen LogP contribution in [0.1, 0.15) is 0 Å². The maximum Gasteiger partial charge on any atom is 0.162 e. The minimum Gasteiger partial charge on any atom is -0.508 e. The first-order valence-corrected chi connectivity index (χ1v) is 4.39. The number of nitrogen functional groups attached to an aromatic ring is 1. The Morgan fingerprint density at radius 3 is 2.60 bits per heavy atom. The Bertz CT molecular complexity index is 455. The van der Waals surface area contributed by atoms with Crippen LogP contribution >= 0.6 is 0 Å². The van der Waals surface area contributed by atoms with Crippen molar-refractivity contribution < 1.29 is 5.11 Å². The van der Waals surface area contributed by atoms with Crippen molar-refractivity contribution in [3.8, 4) is 17.0 Å². The number of nitrogens with zero attached hydrogens (tertiary/aromatic N) is 2. The van der Waals surface area contributed by atoms with E-state index in [2.05, 4.69) is 15.6 Å². The molecule has 0 amide bonds. The average molecular weight is 202 g/mol. The molecule has 0 aliphatic heterocycles. The van der Waals surface area contributed by atoms with Crippen molar-refractivity contribution in [2.45, 2.75) is 0 Å². The number of hydrazine groups is 1. The van der Waals surface area contributed by atoms with E-state index in [0.29, 0.717) is 11.5 Å². The number of anilines is 1. The van der Waals surface area contributed by atoms with E-state index in [-0.39, 0.29) is 5.75 Å². The molecule has 0 saturated carbocycles. The molecule has 0 bridgehead atoms. The lowest BCUT2D eigenvalue weighted by Crippen LogP contribution is -2.08. The first-order chi connectivity index (χ1) is 7.29. The minimum absolute atomic E-state index is 0.204. The smallest absolute Gasteiger partial charge is 0.162 e. The number of aromatic nitrogens is 2. The molecule has 2 aromatic rings. The van der Waals surface area contributed by atoms with E-state index in [4.69, 9.17) is 5.84 Å². The van der Waals surface area contributed by atoms with Crippen molar-refractivity contribution in [1.29, 1.82) is 0 Å². The molecule has 0 atom stereocenters. The maximum absolute atomic E-state index is 9.29. The third kappa shape index (κ3) is 2.03. The highest BCUT2D eigenvalue weighted by Gasteiger charge is 2.00. The monoisotopic (exact) mass is 202 g/mol. The van der Waals surface area contributed by atoms with Crippen molar-refractivity contribution in [3.05, 3.63) is 36.4 Å². The Morgan fingerprint density at radius 2 is 2.00 bits per heavy atom. The second-order valence-electron chi connectivity index (χ2n) is 3.00. The van der Waals surface area contributed by atoms with E-state index in [1.165, 1.54) is 0 Å². The molecule has 0 spiro atoms. The van der Waals surface area contributed by atoms with Crippen LogP contribution in [0.4, 0.5) is 5.82 Å². The fraction of sp³-hybridized carbons (Fsp3) is 0. The molecule has 0 aliphatic rings. The summed E-state index contributed by atoms with van der Waals surface area (Å²) in [6.07, 6.45) is 0. The van der Waals surface area contributed by atoms with Gasteiger partial charge in [0.2, 0.25) is 0 Å². The lowest BCUT2D eigenvalue weighted by atomic mass is 10.1. The van der Waals surface area contributed by atoms with Crippen molar-refractivity contribution in [2.75, 3.05) is 5.43 Å². The quantitative estimate of drug-likeness (QED) is 0.502. The lowest BCUT2D eigenvalue weighted by Gasteiger charge is -2.01. The highest BCUT2D eigenvalue weighted by Crippen LogP contribution is 2.20. The predicted octanol–water partition coefficient (Wildman–Crippen LogP) is 1.13. The molecule has 0 radical (unpaired) electrons. The molecule has 5 heteroatoms. The summed E-state index contributed by atoms with van der Waals surface area (Å²) >= 11 is 0. The summed E-state index contributed by atoms with van der Waals surface area (Å²) < 4.78 is 0. The molecule has 0 fully saturated rings. The van der Waals surface area contributed by atoms with Crippen LogP contribution in [-0.2, 0) is 0 Å². The molecular formula is C10H10N4O. The zero-order valence-electron chi connectivity index (χ0n) is 7.88. The van der Waals surface area contributed by atoms with E-state index in [1.807, 2.05) is 6.07 Å². The molecule has 1 aromatic heterocycles. The second-order valence-corrected chi connectivity index (χ2v) is 3.00. The first kappa shape index (κ1) is 9.42. The van der Waals surface area contributed by atoms with Crippen LogP contribution in [0.2, 0.25) is 0 Å². The van der Waals surface area contributed by atoms with Gasteiger partial charge in [-0.2, -0.15) is 0 Å². The van der Waals surface area contributed by atoms with Gasteiger partial charge in [-0.05, 0) is 24.3 Å². The molecule has 4 N–H and O–H groups in total. The summed E-state index contributed by atoms with van der Waals surface area (Å²) in [5.74, 6) is 5.87. The van der Waals surface area contributed by atoms with Gasteiger partial charge < -0.3 is 10.5 Å². The third-order valence-electron chi connectivity index (χ3n) is 1.95. The topological polar surface area (TPSA) is 84.1 Å². The van der Waals surface area contributed by atoms with Crippen molar-refractivity contribution >= 4 is 5.82 Å². The van der Waals surface area contributed by atoms with Gasteiger partial charge in [0, 0.05) is 5.56 Å². The van der Waals surface area contributed by atoms with Gasteiger partial charge in [-0.25, -0.2) is 5.84 Å². The van der Waals surface area contributed by atoms with Gasteiger partial charge in [0.05, 0.1) is 5.69 Å². The van der Waals surface area contributed by atoms with E-state index in [1.54, 1.807) is 30.3 Å². The Hall–Kier alpha value is -2.14. The molecule has 5 nitrogen and oxygen atoms in total. The van der Waals surface area contributed by atoms with Crippen LogP contribution in [0.25, 0.3) is 11.3 Å². The molecule has 1 heterocycles. The summed E-state index contributed by atoms with van der Waals surface area (Å²) in [5, 5.41) is 17.1. The van der Waals surface area contributed by atoms with Crippen LogP contribution in [0.3, 0.4) is 0 Å². The van der Waals surface area contributed by atoms with Crippen LogP contribution in [0.5, 0.6) is 5.75 Å². The van der Waals surface area contributed by atoms with Gasteiger partial charge >= 0.3 is 0 Å². The van der Waals surface area contributed by atoms with Gasteiger partial charge in [0.15, 0.2) is 5.82 Å². The van der Waals surface area contributed by atoms with Gasteiger partial charge in [0.1, 0.15) is 5.75 Å².